The Morgan fingerprint density at radius 2 is 1.02 bits per heavy atom. The van der Waals surface area contributed by atoms with Gasteiger partial charge < -0.3 is 0 Å². The maximum absolute atomic E-state index is 5.26. The van der Waals surface area contributed by atoms with E-state index >= 15 is 0 Å². The van der Waals surface area contributed by atoms with E-state index < -0.39 is 0 Å². The summed E-state index contributed by atoms with van der Waals surface area (Å²) in [5.74, 6) is 0.350. The van der Waals surface area contributed by atoms with Gasteiger partial charge in [-0.3, -0.25) is 4.98 Å². The molecule has 2 atom stereocenters. The van der Waals surface area contributed by atoms with Gasteiger partial charge in [-0.05, 0) is 83.8 Å². The van der Waals surface area contributed by atoms with Gasteiger partial charge >= 0.3 is 0 Å². The van der Waals surface area contributed by atoms with Crippen LogP contribution in [0.1, 0.15) is 17.0 Å². The molecular formula is C56H36N2S. The van der Waals surface area contributed by atoms with E-state index in [1.165, 1.54) is 71.0 Å². The molecule has 2 nitrogen and oxygen atoms in total. The summed E-state index contributed by atoms with van der Waals surface area (Å²) < 4.78 is 0. The van der Waals surface area contributed by atoms with E-state index in [0.29, 0.717) is 11.2 Å². The molecule has 276 valence electrons. The molecule has 2 heterocycles. The quantitative estimate of drug-likeness (QED) is 0.163. The highest BCUT2D eigenvalue weighted by Gasteiger charge is 2.37. The molecule has 0 N–H and O–H groups in total. The first-order valence-electron chi connectivity index (χ1n) is 20.3. The highest BCUT2D eigenvalue weighted by molar-refractivity contribution is 8.01. The summed E-state index contributed by atoms with van der Waals surface area (Å²) >= 11 is 2.03. The van der Waals surface area contributed by atoms with Crippen molar-refractivity contribution in [3.63, 3.8) is 0 Å². The Kier molecular flexibility index (Phi) is 7.95. The molecule has 0 spiro atoms. The Morgan fingerprint density at radius 1 is 0.441 bits per heavy atom. The lowest BCUT2D eigenvalue weighted by Crippen LogP contribution is -2.13. The Morgan fingerprint density at radius 3 is 1.80 bits per heavy atom. The lowest BCUT2D eigenvalue weighted by atomic mass is 9.83. The van der Waals surface area contributed by atoms with E-state index in [-0.39, 0.29) is 0 Å². The van der Waals surface area contributed by atoms with Crippen LogP contribution >= 0.6 is 11.8 Å². The first-order chi connectivity index (χ1) is 29.2. The number of allylic oxidation sites excluding steroid dienone is 3. The van der Waals surface area contributed by atoms with Crippen molar-refractivity contribution < 1.29 is 0 Å². The maximum Gasteiger partial charge on any atom is 0.0979 e. The summed E-state index contributed by atoms with van der Waals surface area (Å²) in [6.07, 6.45) is 8.92. The minimum Gasteiger partial charge on any atom is -0.252 e. The number of nitrogens with zero attached hydrogens (tertiary/aromatic N) is 2. The lowest BCUT2D eigenvalue weighted by molar-refractivity contribution is 0.894. The zero-order chi connectivity index (χ0) is 38.9. The first-order valence-corrected chi connectivity index (χ1v) is 21.2. The van der Waals surface area contributed by atoms with E-state index in [4.69, 9.17) is 9.97 Å². The maximum atomic E-state index is 5.26. The van der Waals surface area contributed by atoms with Crippen LogP contribution in [0.2, 0.25) is 0 Å². The average Bonchev–Trinajstić information content (AvgIpc) is 3.71. The normalized spacial score (nSPS) is 15.8. The fourth-order valence-corrected chi connectivity index (χ4v) is 11.1. The standard InChI is InChI=1S/C56H36N2S/c1-2-18-42-36(12-1)13-9-24-44(42)49-25-11-27-51-50-26-10-23-43(55(50)59-56(49)51)37-30-28-35(29-31-37)38-14-7-15-39(32-38)40-16-8-17-41(33-40)52-34-57-53-47-21-5-3-19-45(47)46-20-4-6-22-48(46)54(53)58-52/h1-34,51,56H. The third-order valence-electron chi connectivity index (χ3n) is 12.3. The number of hydrogen-bond donors (Lipinski definition) is 0. The molecule has 12 rings (SSSR count). The van der Waals surface area contributed by atoms with Gasteiger partial charge in [-0.2, -0.15) is 0 Å². The summed E-state index contributed by atoms with van der Waals surface area (Å²) in [6.45, 7) is 0. The summed E-state index contributed by atoms with van der Waals surface area (Å²) in [4.78, 5) is 11.7. The predicted molar refractivity (Wildman–Crippen MR) is 250 cm³/mol. The molecule has 2 unspecified atom stereocenters. The smallest absolute Gasteiger partial charge is 0.0979 e. The van der Waals surface area contributed by atoms with Crippen LogP contribution in [0, 0.1) is 0 Å². The lowest BCUT2D eigenvalue weighted by Gasteiger charge is -2.24. The second-order valence-electron chi connectivity index (χ2n) is 15.6. The van der Waals surface area contributed by atoms with Crippen LogP contribution in [0.4, 0.5) is 0 Å². The van der Waals surface area contributed by atoms with Gasteiger partial charge in [0.15, 0.2) is 0 Å². The third kappa shape index (κ3) is 5.65. The Hall–Kier alpha value is -7.07. The molecule has 1 aromatic heterocycles. The summed E-state index contributed by atoms with van der Waals surface area (Å²) in [5.41, 5.74) is 15.2. The van der Waals surface area contributed by atoms with Crippen LogP contribution < -0.4 is 0 Å². The highest BCUT2D eigenvalue weighted by atomic mass is 32.2. The van der Waals surface area contributed by atoms with Crippen LogP contribution in [0.15, 0.2) is 211 Å². The molecule has 0 fully saturated rings. The molecular weight excluding hydrogens is 733 g/mol. The molecule has 1 aliphatic carbocycles. The number of hydrogen-bond acceptors (Lipinski definition) is 3. The zero-order valence-electron chi connectivity index (χ0n) is 32.1. The van der Waals surface area contributed by atoms with E-state index in [2.05, 4.69) is 200 Å². The van der Waals surface area contributed by atoms with Gasteiger partial charge in [0.25, 0.3) is 0 Å². The van der Waals surface area contributed by atoms with Crippen LogP contribution in [-0.2, 0) is 0 Å². The molecule has 10 aromatic rings. The van der Waals surface area contributed by atoms with Crippen LogP contribution in [0.5, 0.6) is 0 Å². The van der Waals surface area contributed by atoms with Crippen LogP contribution in [0.3, 0.4) is 0 Å². The van der Waals surface area contributed by atoms with Crippen molar-refractivity contribution in [3.05, 3.63) is 218 Å². The average molecular weight is 769 g/mol. The molecule has 0 saturated heterocycles. The van der Waals surface area contributed by atoms with Gasteiger partial charge in [0.05, 0.1) is 22.9 Å². The van der Waals surface area contributed by atoms with Gasteiger partial charge in [-0.25, -0.2) is 4.98 Å². The molecule has 0 saturated carbocycles. The monoisotopic (exact) mass is 768 g/mol. The molecule has 2 aliphatic rings. The number of fused-ring (bicyclic) bond motifs is 10. The summed E-state index contributed by atoms with van der Waals surface area (Å²) in [6, 6.07) is 66.0. The molecule has 59 heavy (non-hydrogen) atoms. The number of aromatic nitrogens is 2. The summed E-state index contributed by atoms with van der Waals surface area (Å²) in [5, 5.41) is 7.61. The van der Waals surface area contributed by atoms with Crippen LogP contribution in [0.25, 0.3) is 93.6 Å². The topological polar surface area (TPSA) is 25.8 Å². The number of thioether (sulfide) groups is 1. The minimum atomic E-state index is 0.343. The van der Waals surface area contributed by atoms with E-state index in [1.807, 2.05) is 18.0 Å². The molecule has 0 radical (unpaired) electrons. The fraction of sp³-hybridized carbons (Fsp3) is 0.0357. The van der Waals surface area contributed by atoms with E-state index in [1.54, 1.807) is 0 Å². The molecule has 0 bridgehead atoms. The van der Waals surface area contributed by atoms with Crippen molar-refractivity contribution in [2.75, 3.05) is 0 Å². The van der Waals surface area contributed by atoms with Gasteiger partial charge in [0.2, 0.25) is 0 Å². The SMILES string of the molecule is C1=CC2c3cccc(-c4ccc(-c5cccc(-c6cccc(-c7cnc8c9ccccc9c9ccccc9c8n7)c6)c5)cc4)c3SC2C(c2cccc3ccccc23)=C1. The second kappa shape index (κ2) is 13.8. The van der Waals surface area contributed by atoms with E-state index in [0.717, 1.165) is 38.6 Å². The van der Waals surface area contributed by atoms with Crippen molar-refractivity contribution in [2.24, 2.45) is 0 Å². The second-order valence-corrected chi connectivity index (χ2v) is 16.8. The predicted octanol–water partition coefficient (Wildman–Crippen LogP) is 15.0. The van der Waals surface area contributed by atoms with Gasteiger partial charge in [0.1, 0.15) is 0 Å². The Balaban J connectivity index is 0.844. The molecule has 9 aromatic carbocycles. The summed E-state index contributed by atoms with van der Waals surface area (Å²) in [7, 11) is 0. The van der Waals surface area contributed by atoms with Crippen molar-refractivity contribution in [3.8, 4) is 44.6 Å². The number of benzene rings is 9. The Bertz CT molecular complexity index is 3340. The first kappa shape index (κ1) is 34.0. The zero-order valence-corrected chi connectivity index (χ0v) is 32.9. The van der Waals surface area contributed by atoms with E-state index in [9.17, 15) is 0 Å². The van der Waals surface area contributed by atoms with Crippen molar-refractivity contribution in [1.29, 1.82) is 0 Å². The highest BCUT2D eigenvalue weighted by Crippen LogP contribution is 2.56. The van der Waals surface area contributed by atoms with Crippen LogP contribution in [-0.4, -0.2) is 15.2 Å². The van der Waals surface area contributed by atoms with Gasteiger partial charge in [-0.15, -0.1) is 11.8 Å². The largest absolute Gasteiger partial charge is 0.252 e. The number of rotatable bonds is 5. The molecule has 1 aliphatic heterocycles. The van der Waals surface area contributed by atoms with Crippen molar-refractivity contribution >= 4 is 60.7 Å². The van der Waals surface area contributed by atoms with Gasteiger partial charge in [-0.1, -0.05) is 188 Å². The van der Waals surface area contributed by atoms with Gasteiger partial charge in [0, 0.05) is 32.4 Å². The third-order valence-corrected chi connectivity index (χ3v) is 13.8. The molecule has 3 heteroatoms. The van der Waals surface area contributed by atoms with Crippen molar-refractivity contribution in [2.45, 2.75) is 16.1 Å². The minimum absolute atomic E-state index is 0.343. The Labute approximate surface area is 347 Å². The molecule has 0 amide bonds. The van der Waals surface area contributed by atoms with Crippen molar-refractivity contribution in [1.82, 2.24) is 9.97 Å². The fourth-order valence-electron chi connectivity index (χ4n) is 9.44.